The number of thioether (sulfide) groups is 1. The highest BCUT2D eigenvalue weighted by molar-refractivity contribution is 8.12. The lowest BCUT2D eigenvalue weighted by atomic mass is 10.2. The molecule has 1 aliphatic heterocycles. The molecule has 2 nitrogen and oxygen atoms in total. The first-order valence-corrected chi connectivity index (χ1v) is 5.93. The first-order valence-electron chi connectivity index (χ1n) is 4.56. The van der Waals surface area contributed by atoms with E-state index in [0.29, 0.717) is 0 Å². The predicted octanol–water partition coefficient (Wildman–Crippen LogP) is 1.03. The summed E-state index contributed by atoms with van der Waals surface area (Å²) < 4.78 is 0. The Morgan fingerprint density at radius 2 is 2.33 bits per heavy atom. The Balaban J connectivity index is 0.00000112. The maximum Gasteiger partial charge on any atom is 0.304 e. The van der Waals surface area contributed by atoms with E-state index in [9.17, 15) is 0 Å². The molecule has 1 heterocycles. The highest BCUT2D eigenvalue weighted by Gasteiger charge is 2.12. The molecular weight excluding hydrogens is 251 g/mol. The van der Waals surface area contributed by atoms with Crippen LogP contribution in [0.15, 0.2) is 24.3 Å². The Kier molecular flexibility index (Phi) is 5.29. The van der Waals surface area contributed by atoms with Crippen molar-refractivity contribution in [1.29, 1.82) is 0 Å². The van der Waals surface area contributed by atoms with Crippen molar-refractivity contribution in [3.8, 4) is 0 Å². The van der Waals surface area contributed by atoms with Crippen molar-refractivity contribution < 1.29 is 4.99 Å². The molecule has 1 aromatic rings. The fourth-order valence-corrected chi connectivity index (χ4v) is 2.41. The molecule has 0 saturated heterocycles. The third-order valence-corrected chi connectivity index (χ3v) is 3.26. The average molecular weight is 264 g/mol. The Morgan fingerprint density at radius 3 is 3.00 bits per heavy atom. The lowest BCUT2D eigenvalue weighted by molar-refractivity contribution is -0.441. The Hall–Kier alpha value is -0.380. The summed E-state index contributed by atoms with van der Waals surface area (Å²) in [6.07, 6.45) is 0. The summed E-state index contributed by atoms with van der Waals surface area (Å²) in [6.45, 7) is 2.05. The van der Waals surface area contributed by atoms with Crippen molar-refractivity contribution in [1.82, 2.24) is 5.32 Å². The van der Waals surface area contributed by atoms with Gasteiger partial charge >= 0.3 is 5.17 Å². The Labute approximate surface area is 105 Å². The molecule has 0 unspecified atom stereocenters. The number of benzene rings is 1. The van der Waals surface area contributed by atoms with Crippen LogP contribution in [0.25, 0.3) is 0 Å². The van der Waals surface area contributed by atoms with Gasteiger partial charge in [0.05, 0.1) is 0 Å². The third kappa shape index (κ3) is 3.93. The second kappa shape index (κ2) is 6.26. The lowest BCUT2D eigenvalue weighted by Gasteiger charge is -1.98. The van der Waals surface area contributed by atoms with E-state index < -0.39 is 0 Å². The molecule has 1 aromatic carbocycles. The number of halogens is 2. The van der Waals surface area contributed by atoms with Crippen LogP contribution in [0.5, 0.6) is 0 Å². The van der Waals surface area contributed by atoms with Gasteiger partial charge in [-0.1, -0.05) is 23.7 Å². The smallest absolute Gasteiger partial charge is 0.265 e. The average Bonchev–Trinajstić information content (AvgIpc) is 2.67. The highest BCUT2D eigenvalue weighted by atomic mass is 35.5. The Bertz CT molecular complexity index is 355. The fourth-order valence-electron chi connectivity index (χ4n) is 1.30. The zero-order valence-electron chi connectivity index (χ0n) is 8.13. The van der Waals surface area contributed by atoms with Crippen molar-refractivity contribution in [2.24, 2.45) is 0 Å². The van der Waals surface area contributed by atoms with Gasteiger partial charge in [0.25, 0.3) is 0 Å². The first kappa shape index (κ1) is 12.7. The van der Waals surface area contributed by atoms with Crippen LogP contribution in [0, 0.1) is 0 Å². The minimum atomic E-state index is 0. The van der Waals surface area contributed by atoms with E-state index in [-0.39, 0.29) is 12.4 Å². The van der Waals surface area contributed by atoms with Crippen molar-refractivity contribution in [2.45, 2.75) is 5.75 Å². The minimum Gasteiger partial charge on any atom is -0.265 e. The van der Waals surface area contributed by atoms with E-state index in [1.54, 1.807) is 11.8 Å². The second-order valence-corrected chi connectivity index (χ2v) is 4.52. The maximum absolute atomic E-state index is 5.89. The summed E-state index contributed by atoms with van der Waals surface area (Å²) in [7, 11) is 0. The normalized spacial score (nSPS) is 14.1. The summed E-state index contributed by atoms with van der Waals surface area (Å²) in [4.78, 5) is 3.28. The largest absolute Gasteiger partial charge is 0.304 e. The summed E-state index contributed by atoms with van der Waals surface area (Å²) in [5.41, 5.74) is 1.26. The second-order valence-electron chi connectivity index (χ2n) is 3.10. The minimum absolute atomic E-state index is 0. The van der Waals surface area contributed by atoms with Gasteiger partial charge in [-0.2, -0.15) is 0 Å². The van der Waals surface area contributed by atoms with Crippen molar-refractivity contribution >= 4 is 40.9 Å². The van der Waals surface area contributed by atoms with Gasteiger partial charge in [-0.3, -0.25) is 10.3 Å². The molecular formula is C10H13Cl2N2S+. The van der Waals surface area contributed by atoms with E-state index in [2.05, 4.69) is 16.4 Å². The monoisotopic (exact) mass is 263 g/mol. The fraction of sp³-hybridized carbons (Fsp3) is 0.300. The maximum atomic E-state index is 5.89. The number of nitrogens with one attached hydrogen (secondary N) is 2. The number of hydrogen-bond donors (Lipinski definition) is 2. The zero-order valence-corrected chi connectivity index (χ0v) is 10.5. The molecule has 0 spiro atoms. The van der Waals surface area contributed by atoms with Crippen LogP contribution < -0.4 is 10.3 Å². The van der Waals surface area contributed by atoms with E-state index in [0.717, 1.165) is 23.9 Å². The van der Waals surface area contributed by atoms with Gasteiger partial charge in [0.2, 0.25) is 0 Å². The highest BCUT2D eigenvalue weighted by Crippen LogP contribution is 2.16. The molecule has 0 radical (unpaired) electrons. The van der Waals surface area contributed by atoms with Gasteiger partial charge in [0.15, 0.2) is 0 Å². The standard InChI is InChI=1S/C10H11ClN2S.ClH/c11-9-3-1-2-8(6-9)7-14-10-12-4-5-13-10;/h1-3,6H,4-5,7H2,(H,12,13);1H/p+1. The molecule has 0 fully saturated rings. The Morgan fingerprint density at radius 1 is 1.47 bits per heavy atom. The van der Waals surface area contributed by atoms with Gasteiger partial charge in [0.1, 0.15) is 13.1 Å². The van der Waals surface area contributed by atoms with Crippen LogP contribution >= 0.6 is 35.8 Å². The van der Waals surface area contributed by atoms with Crippen molar-refractivity contribution in [3.63, 3.8) is 0 Å². The third-order valence-electron chi connectivity index (χ3n) is 1.97. The molecule has 0 atom stereocenters. The molecule has 2 N–H and O–H groups in total. The van der Waals surface area contributed by atoms with Gasteiger partial charge in [-0.05, 0) is 29.5 Å². The molecule has 0 aliphatic carbocycles. The summed E-state index contributed by atoms with van der Waals surface area (Å²) >= 11 is 7.67. The van der Waals surface area contributed by atoms with Crippen molar-refractivity contribution in [3.05, 3.63) is 34.9 Å². The number of amidine groups is 1. The molecule has 2 rings (SSSR count). The topological polar surface area (TPSA) is 26.0 Å². The van der Waals surface area contributed by atoms with E-state index in [4.69, 9.17) is 11.6 Å². The van der Waals surface area contributed by atoms with E-state index in [1.807, 2.05) is 18.2 Å². The summed E-state index contributed by atoms with van der Waals surface area (Å²) in [5.74, 6) is 0.954. The van der Waals surface area contributed by atoms with Gasteiger partial charge in [-0.15, -0.1) is 12.4 Å². The van der Waals surface area contributed by atoms with Crippen molar-refractivity contribution in [2.75, 3.05) is 13.1 Å². The van der Waals surface area contributed by atoms with E-state index >= 15 is 0 Å². The SMILES string of the molecule is Cl.Clc1cccc(CSC2=[NH+]CCN2)c1. The first-order chi connectivity index (χ1) is 6.84. The molecule has 5 heteroatoms. The number of rotatable bonds is 2. The molecule has 82 valence electrons. The van der Waals surface area contributed by atoms with Gasteiger partial charge in [0, 0.05) is 10.8 Å². The predicted molar refractivity (Wildman–Crippen MR) is 68.8 cm³/mol. The van der Waals surface area contributed by atoms with Gasteiger partial charge in [-0.25, -0.2) is 0 Å². The zero-order chi connectivity index (χ0) is 9.80. The number of hydrogen-bond acceptors (Lipinski definition) is 2. The van der Waals surface area contributed by atoms with Crippen LogP contribution in [0.1, 0.15) is 5.56 Å². The quantitative estimate of drug-likeness (QED) is 0.834. The summed E-state index contributed by atoms with van der Waals surface area (Å²) in [5, 5.41) is 5.25. The van der Waals surface area contributed by atoms with E-state index in [1.165, 1.54) is 10.7 Å². The summed E-state index contributed by atoms with van der Waals surface area (Å²) in [6, 6.07) is 7.98. The van der Waals surface area contributed by atoms with Crippen LogP contribution in [0.4, 0.5) is 0 Å². The molecule has 1 aliphatic rings. The van der Waals surface area contributed by atoms with Crippen LogP contribution in [-0.4, -0.2) is 18.3 Å². The van der Waals surface area contributed by atoms with Gasteiger partial charge < -0.3 is 0 Å². The lowest BCUT2D eigenvalue weighted by Crippen LogP contribution is -2.69. The van der Waals surface area contributed by atoms with Crippen LogP contribution in [-0.2, 0) is 5.75 Å². The van der Waals surface area contributed by atoms with Crippen LogP contribution in [0.2, 0.25) is 5.02 Å². The molecule has 15 heavy (non-hydrogen) atoms. The molecule has 0 aromatic heterocycles. The molecule has 0 saturated carbocycles. The molecule has 0 bridgehead atoms. The molecule has 0 amide bonds. The van der Waals surface area contributed by atoms with Crippen LogP contribution in [0.3, 0.4) is 0 Å².